The highest BCUT2D eigenvalue weighted by molar-refractivity contribution is 6.42. The fourth-order valence-electron chi connectivity index (χ4n) is 1.09. The molecule has 0 bridgehead atoms. The highest BCUT2D eigenvalue weighted by atomic mass is 35.5. The summed E-state index contributed by atoms with van der Waals surface area (Å²) in [7, 11) is 1.48. The summed E-state index contributed by atoms with van der Waals surface area (Å²) in [6.45, 7) is 0. The Morgan fingerprint density at radius 1 is 1.31 bits per heavy atom. The quantitative estimate of drug-likeness (QED) is 0.851. The first kappa shape index (κ1) is 12.8. The van der Waals surface area contributed by atoms with Gasteiger partial charge in [-0.15, -0.1) is 0 Å². The Kier molecular flexibility index (Phi) is 4.15. The van der Waals surface area contributed by atoms with Gasteiger partial charge in [-0.25, -0.2) is 0 Å². The topological polar surface area (TPSA) is 57.6 Å². The lowest BCUT2D eigenvalue weighted by Gasteiger charge is -2.16. The zero-order chi connectivity index (χ0) is 12.3. The van der Waals surface area contributed by atoms with Crippen molar-refractivity contribution in [3.8, 4) is 0 Å². The number of carbonyl (C=O) groups excluding carboxylic acids is 1. The average Bonchev–Trinajstić information content (AvgIpc) is 2.20. The van der Waals surface area contributed by atoms with E-state index in [0.717, 1.165) is 0 Å². The zero-order valence-corrected chi connectivity index (χ0v) is 9.92. The number of hydrogen-bond donors (Lipinski definition) is 1. The van der Waals surface area contributed by atoms with Crippen LogP contribution in [0.2, 0.25) is 10.0 Å². The molecule has 0 unspecified atom stereocenters. The van der Waals surface area contributed by atoms with Gasteiger partial charge in [-0.05, 0) is 18.2 Å². The fourth-order valence-corrected chi connectivity index (χ4v) is 1.38. The molecule has 0 fully saturated rings. The van der Waals surface area contributed by atoms with E-state index >= 15 is 0 Å². The number of carboxylic acids is 1. The zero-order valence-electron chi connectivity index (χ0n) is 8.41. The summed E-state index contributed by atoms with van der Waals surface area (Å²) in [6, 6.07) is 4.64. The summed E-state index contributed by atoms with van der Waals surface area (Å²) in [4.78, 5) is 23.0. The lowest BCUT2D eigenvalue weighted by Crippen LogP contribution is -2.28. The summed E-state index contributed by atoms with van der Waals surface area (Å²) in [5, 5.41) is 9.18. The molecule has 1 amide bonds. The SMILES string of the molecule is CN(C(=O)CC(=O)O)c1ccc(Cl)c(Cl)c1. The number of benzene rings is 1. The number of anilines is 1. The van der Waals surface area contributed by atoms with E-state index in [-0.39, 0.29) is 0 Å². The van der Waals surface area contributed by atoms with E-state index in [4.69, 9.17) is 28.3 Å². The van der Waals surface area contributed by atoms with Crippen LogP contribution in [-0.4, -0.2) is 24.0 Å². The third-order valence-corrected chi connectivity index (χ3v) is 2.71. The Hall–Kier alpha value is -1.26. The standard InChI is InChI=1S/C10H9Cl2NO3/c1-13(9(14)5-10(15)16)6-2-3-7(11)8(12)4-6/h2-4H,5H2,1H3,(H,15,16). The van der Waals surface area contributed by atoms with Gasteiger partial charge in [0.15, 0.2) is 0 Å². The minimum atomic E-state index is -1.17. The summed E-state index contributed by atoms with van der Waals surface area (Å²) in [6.07, 6.45) is -0.559. The van der Waals surface area contributed by atoms with Crippen LogP contribution in [-0.2, 0) is 9.59 Å². The first-order valence-electron chi connectivity index (χ1n) is 4.35. The Bertz CT molecular complexity index is 434. The summed E-state index contributed by atoms with van der Waals surface area (Å²) >= 11 is 11.5. The van der Waals surface area contributed by atoms with Crippen molar-refractivity contribution >= 4 is 40.8 Å². The number of carbonyl (C=O) groups is 2. The van der Waals surface area contributed by atoms with Crippen molar-refractivity contribution in [3.63, 3.8) is 0 Å². The molecule has 0 aliphatic heterocycles. The second-order valence-corrected chi connectivity index (χ2v) is 3.94. The van der Waals surface area contributed by atoms with Crippen molar-refractivity contribution in [2.24, 2.45) is 0 Å². The second kappa shape index (κ2) is 5.18. The van der Waals surface area contributed by atoms with Crippen LogP contribution in [0.5, 0.6) is 0 Å². The maximum absolute atomic E-state index is 11.4. The Labute approximate surface area is 102 Å². The molecule has 16 heavy (non-hydrogen) atoms. The maximum Gasteiger partial charge on any atom is 0.312 e. The van der Waals surface area contributed by atoms with Crippen LogP contribution in [0.15, 0.2) is 18.2 Å². The molecule has 0 saturated carbocycles. The van der Waals surface area contributed by atoms with Crippen LogP contribution < -0.4 is 4.90 Å². The van der Waals surface area contributed by atoms with Crippen LogP contribution in [0.3, 0.4) is 0 Å². The molecule has 86 valence electrons. The molecule has 0 aliphatic carbocycles. The third-order valence-electron chi connectivity index (χ3n) is 1.97. The molecule has 0 radical (unpaired) electrons. The van der Waals surface area contributed by atoms with E-state index in [9.17, 15) is 9.59 Å². The Balaban J connectivity index is 2.87. The molecule has 4 nitrogen and oxygen atoms in total. The first-order chi connectivity index (χ1) is 7.41. The van der Waals surface area contributed by atoms with Crippen molar-refractivity contribution in [1.29, 1.82) is 0 Å². The van der Waals surface area contributed by atoms with E-state index in [1.165, 1.54) is 18.0 Å². The number of nitrogens with zero attached hydrogens (tertiary/aromatic N) is 1. The van der Waals surface area contributed by atoms with Crippen molar-refractivity contribution in [2.45, 2.75) is 6.42 Å². The molecule has 0 heterocycles. The van der Waals surface area contributed by atoms with E-state index in [0.29, 0.717) is 15.7 Å². The fraction of sp³-hybridized carbons (Fsp3) is 0.200. The monoisotopic (exact) mass is 261 g/mol. The van der Waals surface area contributed by atoms with Crippen LogP contribution in [0.1, 0.15) is 6.42 Å². The molecule has 1 rings (SSSR count). The average molecular weight is 262 g/mol. The van der Waals surface area contributed by atoms with Gasteiger partial charge in [-0.2, -0.15) is 0 Å². The molecule has 0 spiro atoms. The predicted octanol–water partition coefficient (Wildman–Crippen LogP) is 2.43. The molecule has 1 aromatic carbocycles. The second-order valence-electron chi connectivity index (χ2n) is 3.12. The smallest absolute Gasteiger partial charge is 0.312 e. The van der Waals surface area contributed by atoms with Gasteiger partial charge >= 0.3 is 5.97 Å². The first-order valence-corrected chi connectivity index (χ1v) is 5.11. The normalized spacial score (nSPS) is 9.94. The van der Waals surface area contributed by atoms with Gasteiger partial charge in [0.05, 0.1) is 10.0 Å². The largest absolute Gasteiger partial charge is 0.481 e. The lowest BCUT2D eigenvalue weighted by atomic mass is 10.2. The van der Waals surface area contributed by atoms with Crippen LogP contribution in [0.25, 0.3) is 0 Å². The van der Waals surface area contributed by atoms with Crippen LogP contribution in [0, 0.1) is 0 Å². The predicted molar refractivity (Wildman–Crippen MR) is 62.1 cm³/mol. The van der Waals surface area contributed by atoms with E-state index in [2.05, 4.69) is 0 Å². The number of carboxylic acid groups (broad SMARTS) is 1. The molecular formula is C10H9Cl2NO3. The molecule has 1 aromatic rings. The van der Waals surface area contributed by atoms with Crippen LogP contribution in [0.4, 0.5) is 5.69 Å². The Morgan fingerprint density at radius 2 is 1.94 bits per heavy atom. The highest BCUT2D eigenvalue weighted by Gasteiger charge is 2.15. The lowest BCUT2D eigenvalue weighted by molar-refractivity contribution is -0.140. The number of hydrogen-bond acceptors (Lipinski definition) is 2. The number of halogens is 2. The molecule has 0 atom stereocenters. The van der Waals surface area contributed by atoms with E-state index in [1.807, 2.05) is 0 Å². The van der Waals surface area contributed by atoms with Gasteiger partial charge in [-0.3, -0.25) is 9.59 Å². The van der Waals surface area contributed by atoms with Gasteiger partial charge in [0.2, 0.25) is 5.91 Å². The van der Waals surface area contributed by atoms with Crippen LogP contribution >= 0.6 is 23.2 Å². The number of rotatable bonds is 3. The minimum Gasteiger partial charge on any atom is -0.481 e. The molecule has 1 N–H and O–H groups in total. The molecule has 6 heteroatoms. The van der Waals surface area contributed by atoms with Crippen molar-refractivity contribution in [3.05, 3.63) is 28.2 Å². The van der Waals surface area contributed by atoms with Crippen molar-refractivity contribution < 1.29 is 14.7 Å². The van der Waals surface area contributed by atoms with Crippen molar-refractivity contribution in [2.75, 3.05) is 11.9 Å². The number of amides is 1. The minimum absolute atomic E-state index is 0.314. The van der Waals surface area contributed by atoms with Gasteiger partial charge in [0.1, 0.15) is 6.42 Å². The van der Waals surface area contributed by atoms with Gasteiger partial charge in [0.25, 0.3) is 0 Å². The summed E-state index contributed by atoms with van der Waals surface area (Å²) < 4.78 is 0. The van der Waals surface area contributed by atoms with Gasteiger partial charge in [-0.1, -0.05) is 23.2 Å². The molecule has 0 saturated heterocycles. The van der Waals surface area contributed by atoms with Crippen molar-refractivity contribution in [1.82, 2.24) is 0 Å². The Morgan fingerprint density at radius 3 is 2.44 bits per heavy atom. The molecule has 0 aromatic heterocycles. The summed E-state index contributed by atoms with van der Waals surface area (Å²) in [5.41, 5.74) is 0.501. The molecule has 0 aliphatic rings. The van der Waals surface area contributed by atoms with E-state index < -0.39 is 18.3 Å². The van der Waals surface area contributed by atoms with Gasteiger partial charge in [0, 0.05) is 12.7 Å². The molecular weight excluding hydrogens is 253 g/mol. The summed E-state index contributed by atoms with van der Waals surface area (Å²) in [5.74, 6) is -1.69. The maximum atomic E-state index is 11.4. The number of aliphatic carboxylic acids is 1. The highest BCUT2D eigenvalue weighted by Crippen LogP contribution is 2.26. The van der Waals surface area contributed by atoms with Gasteiger partial charge < -0.3 is 10.0 Å². The third kappa shape index (κ3) is 3.12. The van der Waals surface area contributed by atoms with E-state index in [1.54, 1.807) is 12.1 Å².